The third-order valence-electron chi connectivity index (χ3n) is 8.21. The van der Waals surface area contributed by atoms with Gasteiger partial charge in [0, 0.05) is 49.9 Å². The summed E-state index contributed by atoms with van der Waals surface area (Å²) in [7, 11) is 0. The standard InChI is InChI=1S/C36H62N2/c1-3-5-7-9-11-13-15-17-19-23-31-37-33-25-21-27-35(37)29-30-36-28-22-26-34-38(36)32-24-20-18-16-14-12-10-8-6-4-2/h21-22,25-28,33-34H,3-20,23-24,29-32H2,1-2H3/q+2. The molecule has 0 aliphatic heterocycles. The first-order valence-electron chi connectivity index (χ1n) is 16.8. The molecule has 0 unspecified atom stereocenters. The van der Waals surface area contributed by atoms with Crippen molar-refractivity contribution in [3.63, 3.8) is 0 Å². The van der Waals surface area contributed by atoms with Gasteiger partial charge in [-0.25, -0.2) is 9.13 Å². The van der Waals surface area contributed by atoms with Gasteiger partial charge in [-0.3, -0.25) is 0 Å². The monoisotopic (exact) mass is 522 g/mol. The SMILES string of the molecule is CCCCCCCCCCCC[n+]1ccccc1CCc1cccc[n+]1CCCCCCCCCCCC. The van der Waals surface area contributed by atoms with Crippen molar-refractivity contribution in [2.75, 3.05) is 0 Å². The van der Waals surface area contributed by atoms with Crippen molar-refractivity contribution < 1.29 is 9.13 Å². The molecule has 0 saturated heterocycles. The van der Waals surface area contributed by atoms with Gasteiger partial charge in [0.15, 0.2) is 23.8 Å². The number of unbranched alkanes of at least 4 members (excludes halogenated alkanes) is 18. The number of pyridine rings is 2. The minimum atomic E-state index is 1.13. The Morgan fingerprint density at radius 3 is 1.05 bits per heavy atom. The molecule has 0 fully saturated rings. The zero-order chi connectivity index (χ0) is 26.9. The molecule has 2 nitrogen and oxygen atoms in total. The zero-order valence-corrected chi connectivity index (χ0v) is 25.5. The fourth-order valence-corrected chi connectivity index (χ4v) is 5.71. The molecule has 38 heavy (non-hydrogen) atoms. The molecular formula is C36H62N2+2. The predicted molar refractivity (Wildman–Crippen MR) is 164 cm³/mol. The van der Waals surface area contributed by atoms with Crippen molar-refractivity contribution >= 4 is 0 Å². The van der Waals surface area contributed by atoms with Gasteiger partial charge in [-0.1, -0.05) is 129 Å². The molecule has 0 N–H and O–H groups in total. The van der Waals surface area contributed by atoms with E-state index in [4.69, 9.17) is 0 Å². The van der Waals surface area contributed by atoms with Crippen LogP contribution in [-0.4, -0.2) is 0 Å². The van der Waals surface area contributed by atoms with Crippen molar-refractivity contribution in [3.05, 3.63) is 60.2 Å². The van der Waals surface area contributed by atoms with Crippen molar-refractivity contribution in [1.82, 2.24) is 0 Å². The van der Waals surface area contributed by atoms with Crippen LogP contribution in [0.4, 0.5) is 0 Å². The van der Waals surface area contributed by atoms with Gasteiger partial charge in [-0.2, -0.15) is 0 Å². The summed E-state index contributed by atoms with van der Waals surface area (Å²) in [6, 6.07) is 13.5. The van der Waals surface area contributed by atoms with Gasteiger partial charge in [0.25, 0.3) is 0 Å². The van der Waals surface area contributed by atoms with E-state index in [2.05, 4.69) is 71.8 Å². The second-order valence-corrected chi connectivity index (χ2v) is 11.6. The fourth-order valence-electron chi connectivity index (χ4n) is 5.71. The molecule has 0 spiro atoms. The van der Waals surface area contributed by atoms with Gasteiger partial charge in [0.05, 0.1) is 0 Å². The Balaban J connectivity index is 1.64. The van der Waals surface area contributed by atoms with Gasteiger partial charge in [0.1, 0.15) is 13.1 Å². The van der Waals surface area contributed by atoms with E-state index in [9.17, 15) is 0 Å². The van der Waals surface area contributed by atoms with Crippen LogP contribution in [0.15, 0.2) is 48.8 Å². The van der Waals surface area contributed by atoms with E-state index in [1.54, 1.807) is 0 Å². The first-order valence-corrected chi connectivity index (χ1v) is 16.8. The quantitative estimate of drug-likeness (QED) is 0.0905. The van der Waals surface area contributed by atoms with Crippen LogP contribution in [0.1, 0.15) is 154 Å². The lowest BCUT2D eigenvalue weighted by Gasteiger charge is -2.06. The molecule has 2 rings (SSSR count). The van der Waals surface area contributed by atoms with Gasteiger partial charge >= 0.3 is 0 Å². The largest absolute Gasteiger partial charge is 0.202 e. The highest BCUT2D eigenvalue weighted by molar-refractivity contribution is 5.03. The van der Waals surface area contributed by atoms with Crippen LogP contribution >= 0.6 is 0 Å². The summed E-state index contributed by atoms with van der Waals surface area (Å²) in [5, 5.41) is 0. The molecule has 0 bridgehead atoms. The predicted octanol–water partition coefficient (Wildman–Crippen LogP) is 9.89. The summed E-state index contributed by atoms with van der Waals surface area (Å²) < 4.78 is 5.03. The summed E-state index contributed by atoms with van der Waals surface area (Å²) in [4.78, 5) is 0. The Hall–Kier alpha value is -1.70. The highest BCUT2D eigenvalue weighted by atomic mass is 15.0. The van der Waals surface area contributed by atoms with E-state index in [-0.39, 0.29) is 0 Å². The van der Waals surface area contributed by atoms with E-state index >= 15 is 0 Å². The molecule has 0 saturated carbocycles. The van der Waals surface area contributed by atoms with Gasteiger partial charge < -0.3 is 0 Å². The molecule has 0 aliphatic rings. The minimum Gasteiger partial charge on any atom is -0.202 e. The first kappa shape index (κ1) is 32.5. The molecule has 2 heteroatoms. The van der Waals surface area contributed by atoms with Gasteiger partial charge in [-0.05, 0) is 12.8 Å². The number of aromatic nitrogens is 2. The number of aryl methyl sites for hydroxylation is 4. The normalized spacial score (nSPS) is 11.3. The number of nitrogens with zero attached hydrogens (tertiary/aromatic N) is 2. The second kappa shape index (κ2) is 23.2. The molecule has 2 aromatic rings. The fraction of sp³-hybridized carbons (Fsp3) is 0.722. The van der Waals surface area contributed by atoms with E-state index in [0.29, 0.717) is 0 Å². The topological polar surface area (TPSA) is 7.76 Å². The smallest absolute Gasteiger partial charge is 0.181 e. The van der Waals surface area contributed by atoms with Crippen molar-refractivity contribution in [2.24, 2.45) is 0 Å². The lowest BCUT2D eigenvalue weighted by atomic mass is 10.1. The highest BCUT2D eigenvalue weighted by Crippen LogP contribution is 2.12. The lowest BCUT2D eigenvalue weighted by Crippen LogP contribution is -2.40. The highest BCUT2D eigenvalue weighted by Gasteiger charge is 2.14. The molecule has 0 amide bonds. The molecular weight excluding hydrogens is 460 g/mol. The average molecular weight is 523 g/mol. The van der Waals surface area contributed by atoms with Crippen LogP contribution in [0.3, 0.4) is 0 Å². The van der Waals surface area contributed by atoms with Crippen LogP contribution in [0.5, 0.6) is 0 Å². The third kappa shape index (κ3) is 15.6. The molecule has 0 aliphatic carbocycles. The van der Waals surface area contributed by atoms with E-state index < -0.39 is 0 Å². The van der Waals surface area contributed by atoms with Gasteiger partial charge in [-0.15, -0.1) is 0 Å². The van der Waals surface area contributed by atoms with Crippen LogP contribution in [0.2, 0.25) is 0 Å². The van der Waals surface area contributed by atoms with Crippen LogP contribution in [-0.2, 0) is 25.9 Å². The summed E-state index contributed by atoms with van der Waals surface area (Å²) in [5.41, 5.74) is 2.97. The maximum Gasteiger partial charge on any atom is 0.181 e. The van der Waals surface area contributed by atoms with Crippen molar-refractivity contribution in [2.45, 2.75) is 168 Å². The third-order valence-corrected chi connectivity index (χ3v) is 8.21. The van der Waals surface area contributed by atoms with Crippen LogP contribution in [0.25, 0.3) is 0 Å². The van der Waals surface area contributed by atoms with Crippen LogP contribution in [0, 0.1) is 0 Å². The molecule has 214 valence electrons. The van der Waals surface area contributed by atoms with E-state index in [1.165, 1.54) is 153 Å². The Morgan fingerprint density at radius 1 is 0.395 bits per heavy atom. The summed E-state index contributed by atoms with van der Waals surface area (Å²) >= 11 is 0. The minimum absolute atomic E-state index is 1.13. The second-order valence-electron chi connectivity index (χ2n) is 11.6. The van der Waals surface area contributed by atoms with Crippen LogP contribution < -0.4 is 9.13 Å². The Labute approximate surface area is 237 Å². The molecule has 0 atom stereocenters. The summed E-state index contributed by atoms with van der Waals surface area (Å²) in [6.45, 7) is 6.93. The number of hydrogen-bond donors (Lipinski definition) is 0. The van der Waals surface area contributed by atoms with Crippen molar-refractivity contribution in [3.8, 4) is 0 Å². The van der Waals surface area contributed by atoms with Crippen molar-refractivity contribution in [1.29, 1.82) is 0 Å². The molecule has 2 heterocycles. The average Bonchev–Trinajstić information content (AvgIpc) is 2.95. The first-order chi connectivity index (χ1) is 18.8. The Bertz CT molecular complexity index is 732. The maximum absolute atomic E-state index is 2.51. The molecule has 2 aromatic heterocycles. The lowest BCUT2D eigenvalue weighted by molar-refractivity contribution is -0.709. The number of rotatable bonds is 25. The zero-order valence-electron chi connectivity index (χ0n) is 25.5. The Morgan fingerprint density at radius 2 is 0.711 bits per heavy atom. The summed E-state index contributed by atoms with van der Waals surface area (Å²) in [6.07, 6.45) is 34.9. The van der Waals surface area contributed by atoms with E-state index in [1.807, 2.05) is 0 Å². The Kier molecular flexibility index (Phi) is 19.9. The summed E-state index contributed by atoms with van der Waals surface area (Å²) in [5.74, 6) is 0. The van der Waals surface area contributed by atoms with Gasteiger partial charge in [0.2, 0.25) is 0 Å². The number of hydrogen-bond acceptors (Lipinski definition) is 0. The van der Waals surface area contributed by atoms with E-state index in [0.717, 1.165) is 12.8 Å². The maximum atomic E-state index is 2.51. The molecule has 0 radical (unpaired) electrons. The molecule has 0 aromatic carbocycles.